The van der Waals surface area contributed by atoms with Crippen molar-refractivity contribution in [2.24, 2.45) is 5.41 Å². The molecular weight excluding hydrogens is 288 g/mol. The molecule has 3 heteroatoms. The lowest BCUT2D eigenvalue weighted by atomic mass is 9.67. The van der Waals surface area contributed by atoms with Gasteiger partial charge in [0.05, 0.1) is 5.41 Å². The van der Waals surface area contributed by atoms with Crippen molar-refractivity contribution in [1.29, 1.82) is 0 Å². The fourth-order valence-corrected chi connectivity index (χ4v) is 3.37. The lowest BCUT2D eigenvalue weighted by Crippen LogP contribution is -2.38. The molecule has 0 spiro atoms. The van der Waals surface area contributed by atoms with Crippen molar-refractivity contribution >= 4 is 11.8 Å². The number of carboxylic acid groups (broad SMARTS) is 1. The van der Waals surface area contributed by atoms with Crippen LogP contribution in [0.3, 0.4) is 0 Å². The van der Waals surface area contributed by atoms with Gasteiger partial charge in [0.15, 0.2) is 5.78 Å². The summed E-state index contributed by atoms with van der Waals surface area (Å²) >= 11 is 0. The first-order chi connectivity index (χ1) is 10.6. The zero-order chi connectivity index (χ0) is 17.3. The second-order valence-corrected chi connectivity index (χ2v) is 7.91. The first kappa shape index (κ1) is 17.5. The average molecular weight is 314 g/mol. The fraction of sp³-hybridized carbons (Fsp3) is 0.500. The molecule has 1 saturated carbocycles. The first-order valence-corrected chi connectivity index (χ1v) is 8.18. The Morgan fingerprint density at radius 1 is 1.30 bits per heavy atom. The Kier molecular flexibility index (Phi) is 4.79. The Balaban J connectivity index is 2.39. The van der Waals surface area contributed by atoms with Crippen molar-refractivity contribution in [3.63, 3.8) is 0 Å². The summed E-state index contributed by atoms with van der Waals surface area (Å²) in [5, 5.41) is 9.85. The van der Waals surface area contributed by atoms with Crippen LogP contribution < -0.4 is 0 Å². The molecule has 0 aliphatic heterocycles. The minimum atomic E-state index is -0.937. The van der Waals surface area contributed by atoms with Gasteiger partial charge in [-0.15, -0.1) is 0 Å². The number of benzene rings is 1. The minimum absolute atomic E-state index is 0.0644. The average Bonchev–Trinajstić information content (AvgIpc) is 2.45. The first-order valence-electron chi connectivity index (χ1n) is 8.18. The molecule has 0 saturated heterocycles. The van der Waals surface area contributed by atoms with Gasteiger partial charge in [-0.1, -0.05) is 51.1 Å². The normalized spacial score (nSPS) is 22.0. The van der Waals surface area contributed by atoms with Crippen molar-refractivity contribution in [1.82, 2.24) is 0 Å². The van der Waals surface area contributed by atoms with E-state index in [0.717, 1.165) is 24.0 Å². The van der Waals surface area contributed by atoms with Gasteiger partial charge in [-0.05, 0) is 42.7 Å². The number of ketones is 1. The van der Waals surface area contributed by atoms with Gasteiger partial charge in [-0.3, -0.25) is 9.59 Å². The Hall–Kier alpha value is -1.90. The van der Waals surface area contributed by atoms with Crippen molar-refractivity contribution in [2.45, 2.75) is 58.3 Å². The van der Waals surface area contributed by atoms with E-state index in [9.17, 15) is 14.7 Å². The molecule has 0 heterocycles. The van der Waals surface area contributed by atoms with Crippen LogP contribution in [0.15, 0.2) is 36.4 Å². The van der Waals surface area contributed by atoms with Gasteiger partial charge in [-0.25, -0.2) is 0 Å². The molecule has 1 aromatic rings. The maximum atomic E-state index is 12.5. The van der Waals surface area contributed by atoms with Crippen LogP contribution in [0.25, 0.3) is 0 Å². The summed E-state index contributed by atoms with van der Waals surface area (Å²) < 4.78 is 0. The molecule has 1 aromatic carbocycles. The predicted octanol–water partition coefficient (Wildman–Crippen LogP) is 4.76. The lowest BCUT2D eigenvalue weighted by Gasteiger charge is -2.35. The van der Waals surface area contributed by atoms with Gasteiger partial charge in [0.1, 0.15) is 0 Å². The molecule has 1 aliphatic rings. The van der Waals surface area contributed by atoms with Crippen LogP contribution in [0, 0.1) is 5.41 Å². The summed E-state index contributed by atoms with van der Waals surface area (Å²) in [5.74, 6) is -0.756. The third-order valence-corrected chi connectivity index (χ3v) is 4.52. The highest BCUT2D eigenvalue weighted by atomic mass is 16.4. The summed E-state index contributed by atoms with van der Waals surface area (Å²) in [6, 6.07) is 7.19. The van der Waals surface area contributed by atoms with Crippen LogP contribution in [0.5, 0.6) is 0 Å². The van der Waals surface area contributed by atoms with E-state index in [1.165, 1.54) is 0 Å². The number of hydrogen-bond donors (Lipinski definition) is 1. The van der Waals surface area contributed by atoms with E-state index in [1.807, 2.05) is 26.8 Å². The maximum Gasteiger partial charge on any atom is 0.314 e. The zero-order valence-electron chi connectivity index (χ0n) is 14.3. The van der Waals surface area contributed by atoms with E-state index < -0.39 is 11.4 Å². The van der Waals surface area contributed by atoms with Crippen molar-refractivity contribution in [3.05, 3.63) is 47.5 Å². The highest BCUT2D eigenvalue weighted by molar-refractivity contribution is 5.97. The number of carboxylic acids is 1. The Bertz CT molecular complexity index is 637. The van der Waals surface area contributed by atoms with Gasteiger partial charge < -0.3 is 5.11 Å². The second-order valence-electron chi connectivity index (χ2n) is 7.91. The molecular formula is C20H26O3. The predicted molar refractivity (Wildman–Crippen MR) is 91.8 cm³/mol. The summed E-state index contributed by atoms with van der Waals surface area (Å²) in [5.41, 5.74) is 1.29. The Labute approximate surface area is 138 Å². The SMILES string of the molecule is C=C1CCCC(C(=O)O)(c2cccc(C(=O)CC(C)(C)C)c2)C1. The van der Waals surface area contributed by atoms with E-state index in [4.69, 9.17) is 0 Å². The number of aliphatic carboxylic acids is 1. The number of carbonyl (C=O) groups is 2. The van der Waals surface area contributed by atoms with Crippen molar-refractivity contribution < 1.29 is 14.7 Å². The quantitative estimate of drug-likeness (QED) is 0.644. The van der Waals surface area contributed by atoms with Crippen LogP contribution in [0.1, 0.15) is 68.8 Å². The minimum Gasteiger partial charge on any atom is -0.481 e. The third kappa shape index (κ3) is 3.90. The summed E-state index contributed by atoms with van der Waals surface area (Å²) in [7, 11) is 0. The largest absolute Gasteiger partial charge is 0.481 e. The molecule has 1 unspecified atom stereocenters. The molecule has 3 nitrogen and oxygen atoms in total. The van der Waals surface area contributed by atoms with Crippen LogP contribution in [-0.2, 0) is 10.2 Å². The summed E-state index contributed by atoms with van der Waals surface area (Å²) in [6.45, 7) is 10.1. The van der Waals surface area contributed by atoms with Gasteiger partial charge in [0.2, 0.25) is 0 Å². The topological polar surface area (TPSA) is 54.4 Å². The molecule has 0 bridgehead atoms. The molecule has 2 rings (SSSR count). The molecule has 0 amide bonds. The van der Waals surface area contributed by atoms with Crippen LogP contribution in [-0.4, -0.2) is 16.9 Å². The van der Waals surface area contributed by atoms with Crippen molar-refractivity contribution in [2.75, 3.05) is 0 Å². The molecule has 1 aliphatic carbocycles. The van der Waals surface area contributed by atoms with Crippen LogP contribution in [0.2, 0.25) is 0 Å². The monoisotopic (exact) mass is 314 g/mol. The third-order valence-electron chi connectivity index (χ3n) is 4.52. The van der Waals surface area contributed by atoms with Crippen LogP contribution >= 0.6 is 0 Å². The second kappa shape index (κ2) is 6.31. The van der Waals surface area contributed by atoms with Crippen LogP contribution in [0.4, 0.5) is 0 Å². The van der Waals surface area contributed by atoms with E-state index in [0.29, 0.717) is 24.8 Å². The number of allylic oxidation sites excluding steroid dienone is 1. The smallest absolute Gasteiger partial charge is 0.314 e. The molecule has 1 atom stereocenters. The summed E-state index contributed by atoms with van der Waals surface area (Å²) in [6.07, 6.45) is 3.21. The number of rotatable bonds is 4. The molecule has 0 radical (unpaired) electrons. The maximum absolute atomic E-state index is 12.5. The standard InChI is InChI=1S/C20H26O3/c1-14-7-6-10-20(12-14,18(22)23)16-9-5-8-15(11-16)17(21)13-19(2,3)4/h5,8-9,11H,1,6-7,10,12-13H2,2-4H3,(H,22,23). The Morgan fingerprint density at radius 2 is 2.00 bits per heavy atom. The summed E-state index contributed by atoms with van der Waals surface area (Å²) in [4.78, 5) is 24.5. The number of carbonyl (C=O) groups excluding carboxylic acids is 1. The lowest BCUT2D eigenvalue weighted by molar-refractivity contribution is -0.144. The Morgan fingerprint density at radius 3 is 2.57 bits per heavy atom. The highest BCUT2D eigenvalue weighted by Gasteiger charge is 2.42. The van der Waals surface area contributed by atoms with E-state index in [2.05, 4.69) is 6.58 Å². The van der Waals surface area contributed by atoms with Crippen molar-refractivity contribution in [3.8, 4) is 0 Å². The van der Waals surface area contributed by atoms with E-state index >= 15 is 0 Å². The van der Waals surface area contributed by atoms with E-state index in [-0.39, 0.29) is 11.2 Å². The fourth-order valence-electron chi connectivity index (χ4n) is 3.37. The highest BCUT2D eigenvalue weighted by Crippen LogP contribution is 2.42. The number of hydrogen-bond acceptors (Lipinski definition) is 2. The molecule has 1 N–H and O–H groups in total. The number of Topliss-reactive ketones (excluding diaryl/α,β-unsaturated/α-hetero) is 1. The van der Waals surface area contributed by atoms with Gasteiger partial charge in [0.25, 0.3) is 0 Å². The molecule has 1 fully saturated rings. The molecule has 23 heavy (non-hydrogen) atoms. The van der Waals surface area contributed by atoms with Gasteiger partial charge in [0, 0.05) is 12.0 Å². The van der Waals surface area contributed by atoms with Gasteiger partial charge in [-0.2, -0.15) is 0 Å². The molecule has 0 aromatic heterocycles. The molecule has 124 valence electrons. The van der Waals surface area contributed by atoms with E-state index in [1.54, 1.807) is 18.2 Å². The zero-order valence-corrected chi connectivity index (χ0v) is 14.3. The van der Waals surface area contributed by atoms with Gasteiger partial charge >= 0.3 is 5.97 Å².